The Bertz CT molecular complexity index is 811. The van der Waals surface area contributed by atoms with Gasteiger partial charge < -0.3 is 4.74 Å². The van der Waals surface area contributed by atoms with Crippen LogP contribution in [0.5, 0.6) is 5.75 Å². The molecule has 0 unspecified atom stereocenters. The van der Waals surface area contributed by atoms with Gasteiger partial charge in [0.1, 0.15) is 11.3 Å². The summed E-state index contributed by atoms with van der Waals surface area (Å²) in [7, 11) is 1.66. The highest BCUT2D eigenvalue weighted by Crippen LogP contribution is 2.24. The second kappa shape index (κ2) is 5.98. The molecule has 3 aromatic rings. The molecule has 21 heavy (non-hydrogen) atoms. The van der Waals surface area contributed by atoms with Crippen LogP contribution in [0.15, 0.2) is 54.6 Å². The summed E-state index contributed by atoms with van der Waals surface area (Å²) in [6.45, 7) is 0. The highest BCUT2D eigenvalue weighted by atomic mass is 35.5. The lowest BCUT2D eigenvalue weighted by Gasteiger charge is -2.05. The van der Waals surface area contributed by atoms with Crippen molar-refractivity contribution in [3.63, 3.8) is 0 Å². The summed E-state index contributed by atoms with van der Waals surface area (Å²) >= 11 is 6.14. The number of hydrogen-bond donors (Lipinski definition) is 0. The number of nitrogens with zero attached hydrogens (tertiary/aromatic N) is 1. The molecule has 1 aromatic heterocycles. The number of pyridine rings is 1. The van der Waals surface area contributed by atoms with Crippen LogP contribution in [-0.2, 0) is 0 Å². The lowest BCUT2D eigenvalue weighted by molar-refractivity contribution is 0.419. The van der Waals surface area contributed by atoms with Crippen molar-refractivity contribution in [3.05, 3.63) is 70.9 Å². The molecule has 0 aliphatic rings. The van der Waals surface area contributed by atoms with Crippen molar-refractivity contribution >= 4 is 34.7 Å². The van der Waals surface area contributed by atoms with E-state index in [1.54, 1.807) is 7.11 Å². The van der Waals surface area contributed by atoms with E-state index in [2.05, 4.69) is 4.98 Å². The number of halogens is 1. The van der Waals surface area contributed by atoms with Crippen LogP contribution in [0, 0.1) is 0 Å². The van der Waals surface area contributed by atoms with E-state index < -0.39 is 0 Å². The number of ether oxygens (including phenoxy) is 1. The molecular formula is C18H14ClNO. The summed E-state index contributed by atoms with van der Waals surface area (Å²) in [4.78, 5) is 4.64. The van der Waals surface area contributed by atoms with Crippen LogP contribution in [0.1, 0.15) is 11.3 Å². The van der Waals surface area contributed by atoms with Crippen LogP contribution < -0.4 is 4.74 Å². The van der Waals surface area contributed by atoms with Gasteiger partial charge in [-0.2, -0.15) is 0 Å². The molecule has 0 atom stereocenters. The first kappa shape index (κ1) is 13.7. The first-order valence-electron chi connectivity index (χ1n) is 6.64. The molecule has 0 amide bonds. The topological polar surface area (TPSA) is 22.1 Å². The van der Waals surface area contributed by atoms with Gasteiger partial charge in [-0.05, 0) is 29.8 Å². The van der Waals surface area contributed by atoms with Crippen molar-refractivity contribution in [2.75, 3.05) is 7.11 Å². The monoisotopic (exact) mass is 295 g/mol. The van der Waals surface area contributed by atoms with Crippen LogP contribution in [0.4, 0.5) is 0 Å². The molecule has 3 heteroatoms. The van der Waals surface area contributed by atoms with Gasteiger partial charge in [-0.15, -0.1) is 0 Å². The molecule has 104 valence electrons. The fraction of sp³-hybridized carbons (Fsp3) is 0.0556. The number of benzene rings is 2. The molecule has 0 radical (unpaired) electrons. The molecule has 0 spiro atoms. The maximum Gasteiger partial charge on any atom is 0.145 e. The number of para-hydroxylation sites is 1. The molecule has 0 N–H and O–H groups in total. The van der Waals surface area contributed by atoms with Gasteiger partial charge in [0.15, 0.2) is 0 Å². The molecule has 2 aromatic carbocycles. The zero-order chi connectivity index (χ0) is 14.7. The molecule has 0 saturated heterocycles. The van der Waals surface area contributed by atoms with E-state index in [9.17, 15) is 0 Å². The first-order chi connectivity index (χ1) is 10.3. The largest absolute Gasteiger partial charge is 0.494 e. The second-order valence-corrected chi connectivity index (χ2v) is 5.03. The van der Waals surface area contributed by atoms with Crippen molar-refractivity contribution in [2.24, 2.45) is 0 Å². The van der Waals surface area contributed by atoms with Crippen LogP contribution in [0.3, 0.4) is 0 Å². The fourth-order valence-corrected chi connectivity index (χ4v) is 2.38. The Balaban J connectivity index is 2.00. The zero-order valence-electron chi connectivity index (χ0n) is 11.6. The molecule has 2 nitrogen and oxygen atoms in total. The molecular weight excluding hydrogens is 282 g/mol. The number of aromatic nitrogens is 1. The maximum atomic E-state index is 6.14. The molecule has 0 fully saturated rings. The third-order valence-corrected chi connectivity index (χ3v) is 3.61. The fourth-order valence-electron chi connectivity index (χ4n) is 2.18. The third-order valence-electron chi connectivity index (χ3n) is 3.26. The number of hydrogen-bond acceptors (Lipinski definition) is 2. The van der Waals surface area contributed by atoms with E-state index in [0.29, 0.717) is 0 Å². The lowest BCUT2D eigenvalue weighted by Crippen LogP contribution is -1.89. The Labute approximate surface area is 128 Å². The quantitative estimate of drug-likeness (QED) is 0.673. The summed E-state index contributed by atoms with van der Waals surface area (Å²) in [6.07, 6.45) is 3.92. The predicted octanol–water partition coefficient (Wildman–Crippen LogP) is 5.07. The van der Waals surface area contributed by atoms with Crippen LogP contribution in [-0.4, -0.2) is 12.1 Å². The highest BCUT2D eigenvalue weighted by Gasteiger charge is 2.02. The Morgan fingerprint density at radius 2 is 1.81 bits per heavy atom. The van der Waals surface area contributed by atoms with Gasteiger partial charge in [-0.1, -0.05) is 54.1 Å². The van der Waals surface area contributed by atoms with E-state index >= 15 is 0 Å². The standard InChI is InChI=1S/C18H14ClNO/c1-21-17-8-4-6-14-10-12-15(20-18(14)17)11-9-13-5-2-3-7-16(13)19/h2-12H,1H3/b11-9+. The Hall–Kier alpha value is -2.32. The van der Waals surface area contributed by atoms with Gasteiger partial charge in [0.05, 0.1) is 12.8 Å². The van der Waals surface area contributed by atoms with E-state index in [0.717, 1.165) is 32.9 Å². The number of fused-ring (bicyclic) bond motifs is 1. The minimum absolute atomic E-state index is 0.729. The SMILES string of the molecule is COc1cccc2ccc(/C=C/c3ccccc3Cl)nc12. The average molecular weight is 296 g/mol. The molecule has 1 heterocycles. The first-order valence-corrected chi connectivity index (χ1v) is 7.02. The van der Waals surface area contributed by atoms with Gasteiger partial charge in [0, 0.05) is 10.4 Å². The van der Waals surface area contributed by atoms with Crippen molar-refractivity contribution in [2.45, 2.75) is 0 Å². The van der Waals surface area contributed by atoms with Gasteiger partial charge in [0.25, 0.3) is 0 Å². The molecule has 3 rings (SSSR count). The van der Waals surface area contributed by atoms with Crippen molar-refractivity contribution < 1.29 is 4.74 Å². The molecule has 0 bridgehead atoms. The third kappa shape index (κ3) is 2.91. The Morgan fingerprint density at radius 1 is 0.952 bits per heavy atom. The van der Waals surface area contributed by atoms with Crippen LogP contribution in [0.25, 0.3) is 23.1 Å². The van der Waals surface area contributed by atoms with Gasteiger partial charge in [-0.3, -0.25) is 0 Å². The normalized spacial score (nSPS) is 11.1. The number of rotatable bonds is 3. The highest BCUT2D eigenvalue weighted by molar-refractivity contribution is 6.32. The summed E-state index contributed by atoms with van der Waals surface area (Å²) < 4.78 is 5.36. The van der Waals surface area contributed by atoms with Crippen molar-refractivity contribution in [1.29, 1.82) is 0 Å². The summed E-state index contributed by atoms with van der Waals surface area (Å²) in [6, 6.07) is 17.6. The van der Waals surface area contributed by atoms with E-state index in [1.807, 2.05) is 66.7 Å². The van der Waals surface area contributed by atoms with Gasteiger partial charge in [-0.25, -0.2) is 4.98 Å². The van der Waals surface area contributed by atoms with E-state index in [4.69, 9.17) is 16.3 Å². The zero-order valence-corrected chi connectivity index (χ0v) is 12.3. The summed E-state index contributed by atoms with van der Waals surface area (Å²) in [5.74, 6) is 0.778. The number of methoxy groups -OCH3 is 1. The average Bonchev–Trinajstić information content (AvgIpc) is 2.53. The van der Waals surface area contributed by atoms with Crippen molar-refractivity contribution in [1.82, 2.24) is 4.98 Å². The predicted molar refractivity (Wildman–Crippen MR) is 88.7 cm³/mol. The maximum absolute atomic E-state index is 6.14. The van der Waals surface area contributed by atoms with Crippen molar-refractivity contribution in [3.8, 4) is 5.75 Å². The second-order valence-electron chi connectivity index (χ2n) is 4.62. The van der Waals surface area contributed by atoms with Crippen LogP contribution in [0.2, 0.25) is 5.02 Å². The summed E-state index contributed by atoms with van der Waals surface area (Å²) in [5, 5.41) is 1.79. The molecule has 0 aliphatic carbocycles. The molecule has 0 aliphatic heterocycles. The summed E-state index contributed by atoms with van der Waals surface area (Å²) in [5.41, 5.74) is 2.70. The minimum Gasteiger partial charge on any atom is -0.494 e. The molecule has 0 saturated carbocycles. The van der Waals surface area contributed by atoms with Gasteiger partial charge in [0.2, 0.25) is 0 Å². The van der Waals surface area contributed by atoms with E-state index in [1.165, 1.54) is 0 Å². The Kier molecular flexibility index (Phi) is 3.89. The smallest absolute Gasteiger partial charge is 0.145 e. The van der Waals surface area contributed by atoms with Gasteiger partial charge >= 0.3 is 0 Å². The van der Waals surface area contributed by atoms with E-state index in [-0.39, 0.29) is 0 Å². The Morgan fingerprint density at radius 3 is 2.62 bits per heavy atom. The minimum atomic E-state index is 0.729. The van der Waals surface area contributed by atoms with Crippen LogP contribution >= 0.6 is 11.6 Å². The lowest BCUT2D eigenvalue weighted by atomic mass is 10.1.